The zero-order chi connectivity index (χ0) is 13.3. The molecule has 2 rings (SSSR count). The molecule has 0 radical (unpaired) electrons. The molecule has 0 aromatic heterocycles. The third-order valence-electron chi connectivity index (χ3n) is 4.19. The first kappa shape index (κ1) is 14.0. The van der Waals surface area contributed by atoms with Gasteiger partial charge in [0.2, 0.25) is 0 Å². The molecule has 1 aliphatic rings. The molecule has 1 nitrogen and oxygen atoms in total. The molecule has 0 spiro atoms. The number of benzene rings is 1. The minimum absolute atomic E-state index is 0.0978. The van der Waals surface area contributed by atoms with Crippen molar-refractivity contribution in [2.24, 2.45) is 17.1 Å². The quantitative estimate of drug-likeness (QED) is 0.857. The van der Waals surface area contributed by atoms with Crippen LogP contribution in [0.1, 0.15) is 44.6 Å². The van der Waals surface area contributed by atoms with Crippen LogP contribution in [0.4, 0.5) is 4.39 Å². The highest BCUT2D eigenvalue weighted by molar-refractivity contribution is 9.10. The zero-order valence-corrected chi connectivity index (χ0v) is 12.6. The topological polar surface area (TPSA) is 26.0 Å². The lowest BCUT2D eigenvalue weighted by Gasteiger charge is -2.41. The molecule has 3 heteroatoms. The monoisotopic (exact) mass is 313 g/mol. The summed E-state index contributed by atoms with van der Waals surface area (Å²) in [6.45, 7) is 5.18. The van der Waals surface area contributed by atoms with Crippen molar-refractivity contribution < 1.29 is 4.39 Å². The summed E-state index contributed by atoms with van der Waals surface area (Å²) in [5.74, 6) is 0.553. The van der Waals surface area contributed by atoms with Gasteiger partial charge in [-0.1, -0.05) is 29.8 Å². The Morgan fingerprint density at radius 2 is 2.17 bits per heavy atom. The fraction of sp³-hybridized carbons (Fsp3) is 0.600. The van der Waals surface area contributed by atoms with Gasteiger partial charge in [-0.15, -0.1) is 0 Å². The van der Waals surface area contributed by atoms with Gasteiger partial charge in [0.1, 0.15) is 5.82 Å². The Hall–Kier alpha value is -0.410. The first-order valence-corrected chi connectivity index (χ1v) is 7.37. The number of hydrogen-bond donors (Lipinski definition) is 1. The number of halogens is 2. The summed E-state index contributed by atoms with van der Waals surface area (Å²) in [6.07, 6.45) is 3.29. The van der Waals surface area contributed by atoms with Gasteiger partial charge in [0.05, 0.1) is 0 Å². The highest BCUT2D eigenvalue weighted by atomic mass is 79.9. The molecule has 0 saturated heterocycles. The first-order chi connectivity index (χ1) is 8.43. The van der Waals surface area contributed by atoms with E-state index in [4.69, 9.17) is 5.73 Å². The highest BCUT2D eigenvalue weighted by Crippen LogP contribution is 2.47. The van der Waals surface area contributed by atoms with Crippen LogP contribution in [-0.2, 0) is 0 Å². The summed E-state index contributed by atoms with van der Waals surface area (Å²) < 4.78 is 15.0. The Kier molecular flexibility index (Phi) is 4.12. The van der Waals surface area contributed by atoms with Gasteiger partial charge < -0.3 is 5.73 Å². The predicted molar refractivity (Wildman–Crippen MR) is 77.0 cm³/mol. The van der Waals surface area contributed by atoms with E-state index in [1.165, 1.54) is 6.42 Å². The number of hydrogen-bond acceptors (Lipinski definition) is 1. The van der Waals surface area contributed by atoms with Gasteiger partial charge >= 0.3 is 0 Å². The van der Waals surface area contributed by atoms with Crippen molar-refractivity contribution in [3.8, 4) is 0 Å². The normalized spacial score (nSPS) is 27.2. The van der Waals surface area contributed by atoms with Gasteiger partial charge in [-0.2, -0.15) is 0 Å². The lowest BCUT2D eigenvalue weighted by molar-refractivity contribution is 0.163. The van der Waals surface area contributed by atoms with Crippen molar-refractivity contribution in [2.45, 2.75) is 39.0 Å². The van der Waals surface area contributed by atoms with E-state index in [9.17, 15) is 4.39 Å². The summed E-state index contributed by atoms with van der Waals surface area (Å²) in [5.41, 5.74) is 6.98. The maximum Gasteiger partial charge on any atom is 0.126 e. The lowest BCUT2D eigenvalue weighted by Crippen LogP contribution is -2.33. The van der Waals surface area contributed by atoms with Crippen LogP contribution < -0.4 is 5.73 Å². The molecule has 0 aliphatic heterocycles. The average molecular weight is 314 g/mol. The summed E-state index contributed by atoms with van der Waals surface area (Å²) in [7, 11) is 0. The Morgan fingerprint density at radius 1 is 1.44 bits per heavy atom. The van der Waals surface area contributed by atoms with Gasteiger partial charge in [0.15, 0.2) is 0 Å². The summed E-state index contributed by atoms with van der Waals surface area (Å²) >= 11 is 3.44. The zero-order valence-electron chi connectivity index (χ0n) is 11.0. The minimum Gasteiger partial charge on any atom is -0.330 e. The van der Waals surface area contributed by atoms with Gasteiger partial charge in [-0.3, -0.25) is 0 Å². The van der Waals surface area contributed by atoms with Crippen LogP contribution in [0.2, 0.25) is 0 Å². The van der Waals surface area contributed by atoms with Crippen molar-refractivity contribution in [1.82, 2.24) is 0 Å². The van der Waals surface area contributed by atoms with E-state index < -0.39 is 0 Å². The maximum absolute atomic E-state index is 14.1. The summed E-state index contributed by atoms with van der Waals surface area (Å²) in [6, 6.07) is 5.23. The van der Waals surface area contributed by atoms with E-state index in [1.54, 1.807) is 12.1 Å². The fourth-order valence-electron chi connectivity index (χ4n) is 3.09. The summed E-state index contributed by atoms with van der Waals surface area (Å²) in [5, 5.41) is 0. The van der Waals surface area contributed by atoms with Gasteiger partial charge in [-0.05, 0) is 66.8 Å². The smallest absolute Gasteiger partial charge is 0.126 e. The Balaban J connectivity index is 2.35. The molecule has 100 valence electrons. The van der Waals surface area contributed by atoms with E-state index in [1.807, 2.05) is 6.07 Å². The van der Waals surface area contributed by atoms with Crippen molar-refractivity contribution in [3.63, 3.8) is 0 Å². The Bertz CT molecular complexity index is 431. The molecular formula is C15H21BrFN. The van der Waals surface area contributed by atoms with Gasteiger partial charge in [0.25, 0.3) is 0 Å². The predicted octanol–water partition coefficient (Wildman–Crippen LogP) is 4.46. The van der Waals surface area contributed by atoms with E-state index in [0.717, 1.165) is 22.9 Å². The van der Waals surface area contributed by atoms with E-state index in [-0.39, 0.29) is 17.2 Å². The molecule has 2 atom stereocenters. The van der Waals surface area contributed by atoms with Crippen LogP contribution in [0.25, 0.3) is 0 Å². The molecule has 1 aromatic rings. The summed E-state index contributed by atoms with van der Waals surface area (Å²) in [4.78, 5) is 0. The third kappa shape index (κ3) is 2.94. The molecule has 1 aliphatic carbocycles. The second-order valence-electron chi connectivity index (χ2n) is 6.18. The Labute approximate surface area is 117 Å². The van der Waals surface area contributed by atoms with Gasteiger partial charge in [0, 0.05) is 4.47 Å². The standard InChI is InChI=1S/C15H21BrFN/c1-15(2)6-5-10(9-18)13(8-15)12-7-11(16)3-4-14(12)17/h3-4,7,10,13H,5-6,8-9,18H2,1-2H3. The van der Waals surface area contributed by atoms with Crippen LogP contribution >= 0.6 is 15.9 Å². The van der Waals surface area contributed by atoms with Crippen LogP contribution in [0.15, 0.2) is 22.7 Å². The van der Waals surface area contributed by atoms with Crippen LogP contribution in [0, 0.1) is 17.2 Å². The molecule has 1 saturated carbocycles. The molecule has 18 heavy (non-hydrogen) atoms. The van der Waals surface area contributed by atoms with E-state index in [0.29, 0.717) is 12.5 Å². The number of nitrogens with two attached hydrogens (primary N) is 1. The SMILES string of the molecule is CC1(C)CCC(CN)C(c2cc(Br)ccc2F)C1. The largest absolute Gasteiger partial charge is 0.330 e. The first-order valence-electron chi connectivity index (χ1n) is 6.58. The van der Waals surface area contributed by atoms with Crippen LogP contribution in [-0.4, -0.2) is 6.54 Å². The van der Waals surface area contributed by atoms with Crippen molar-refractivity contribution in [3.05, 3.63) is 34.1 Å². The van der Waals surface area contributed by atoms with Crippen LogP contribution in [0.3, 0.4) is 0 Å². The maximum atomic E-state index is 14.1. The van der Waals surface area contributed by atoms with Gasteiger partial charge in [-0.25, -0.2) is 4.39 Å². The second-order valence-corrected chi connectivity index (χ2v) is 7.09. The van der Waals surface area contributed by atoms with E-state index in [2.05, 4.69) is 29.8 Å². The van der Waals surface area contributed by atoms with Crippen molar-refractivity contribution >= 4 is 15.9 Å². The lowest BCUT2D eigenvalue weighted by atomic mass is 9.65. The second kappa shape index (κ2) is 5.30. The van der Waals surface area contributed by atoms with Crippen molar-refractivity contribution in [2.75, 3.05) is 6.54 Å². The molecule has 0 heterocycles. The Morgan fingerprint density at radius 3 is 2.83 bits per heavy atom. The molecule has 1 fully saturated rings. The average Bonchev–Trinajstić information content (AvgIpc) is 2.31. The van der Waals surface area contributed by atoms with E-state index >= 15 is 0 Å². The van der Waals surface area contributed by atoms with Crippen LogP contribution in [0.5, 0.6) is 0 Å². The third-order valence-corrected chi connectivity index (χ3v) is 4.69. The molecular weight excluding hydrogens is 293 g/mol. The highest BCUT2D eigenvalue weighted by Gasteiger charge is 2.36. The van der Waals surface area contributed by atoms with Crippen molar-refractivity contribution in [1.29, 1.82) is 0 Å². The molecule has 1 aromatic carbocycles. The molecule has 2 N–H and O–H groups in total. The molecule has 0 amide bonds. The fourth-order valence-corrected chi connectivity index (χ4v) is 3.46. The minimum atomic E-state index is -0.0978. The molecule has 0 bridgehead atoms. The number of rotatable bonds is 2. The molecule has 2 unspecified atom stereocenters.